The molecule has 0 aromatic carbocycles. The topological polar surface area (TPSA) is 88.2 Å². The van der Waals surface area contributed by atoms with Crippen LogP contribution in [0.5, 0.6) is 0 Å². The number of carbonyl (C=O) groups is 1. The second-order valence-electron chi connectivity index (χ2n) is 3.91. The average molecular weight is 267 g/mol. The van der Waals surface area contributed by atoms with Crippen LogP contribution in [-0.2, 0) is 6.54 Å². The Morgan fingerprint density at radius 1 is 1.67 bits per heavy atom. The minimum atomic E-state index is -1.09. The summed E-state index contributed by atoms with van der Waals surface area (Å²) in [7, 11) is 0. The van der Waals surface area contributed by atoms with Gasteiger partial charge in [0.15, 0.2) is 11.5 Å². The normalized spacial score (nSPS) is 12.6. The molecule has 0 spiro atoms. The number of carboxylic acid groups (broad SMARTS) is 1. The third-order valence-electron chi connectivity index (χ3n) is 2.37. The minimum absolute atomic E-state index is 0.0791. The molecule has 96 valence electrons. The zero-order valence-electron chi connectivity index (χ0n) is 10.0. The summed E-state index contributed by atoms with van der Waals surface area (Å²) in [5, 5.41) is 18.3. The highest BCUT2D eigenvalue weighted by molar-refractivity contribution is 7.09. The van der Waals surface area contributed by atoms with Crippen molar-refractivity contribution in [3.63, 3.8) is 0 Å². The summed E-state index contributed by atoms with van der Waals surface area (Å²) < 4.78 is 4.91. The molecule has 0 saturated heterocycles. The number of thiazole rings is 1. The van der Waals surface area contributed by atoms with Gasteiger partial charge in [-0.2, -0.15) is 0 Å². The highest BCUT2D eigenvalue weighted by Gasteiger charge is 2.13. The molecule has 1 unspecified atom stereocenters. The van der Waals surface area contributed by atoms with Gasteiger partial charge in [-0.15, -0.1) is 11.3 Å². The number of rotatable bonds is 5. The first kappa shape index (κ1) is 12.7. The molecule has 2 rings (SSSR count). The Kier molecular flexibility index (Phi) is 3.73. The van der Waals surface area contributed by atoms with Crippen LogP contribution in [0.1, 0.15) is 39.9 Å². The first-order valence-corrected chi connectivity index (χ1v) is 6.28. The molecular formula is C11H13N3O3S. The summed E-state index contributed by atoms with van der Waals surface area (Å²) >= 11 is 1.59. The van der Waals surface area contributed by atoms with Crippen LogP contribution in [0.15, 0.2) is 16.0 Å². The van der Waals surface area contributed by atoms with Crippen molar-refractivity contribution in [2.75, 3.05) is 0 Å². The number of aromatic nitrogens is 2. The van der Waals surface area contributed by atoms with E-state index in [1.807, 2.05) is 19.2 Å². The quantitative estimate of drug-likeness (QED) is 0.861. The molecule has 0 amide bonds. The zero-order valence-corrected chi connectivity index (χ0v) is 10.8. The molecule has 7 heteroatoms. The summed E-state index contributed by atoms with van der Waals surface area (Å²) in [6, 6.07) is 1.50. The molecule has 2 heterocycles. The fraction of sp³-hybridized carbons (Fsp3) is 0.364. The molecular weight excluding hydrogens is 254 g/mol. The van der Waals surface area contributed by atoms with Crippen molar-refractivity contribution >= 4 is 17.3 Å². The molecule has 2 aromatic rings. The number of hydrogen-bond donors (Lipinski definition) is 2. The average Bonchev–Trinajstić information content (AvgIpc) is 2.94. The van der Waals surface area contributed by atoms with Gasteiger partial charge >= 0.3 is 5.97 Å². The Balaban J connectivity index is 1.92. The van der Waals surface area contributed by atoms with Crippen LogP contribution in [0.25, 0.3) is 0 Å². The molecule has 2 aromatic heterocycles. The standard InChI is InChI=1S/C11H13N3O3S/c1-6-5-18-10(13-6)7(2)12-4-8-3-9(11(15)16)14-17-8/h3,5,7,12H,4H2,1-2H3,(H,15,16). The second-order valence-corrected chi connectivity index (χ2v) is 4.80. The fourth-order valence-electron chi connectivity index (χ4n) is 1.41. The van der Waals surface area contributed by atoms with Crippen molar-refractivity contribution in [1.29, 1.82) is 0 Å². The second kappa shape index (κ2) is 5.28. The summed E-state index contributed by atoms with van der Waals surface area (Å²) in [5.41, 5.74) is 0.918. The van der Waals surface area contributed by atoms with E-state index < -0.39 is 5.97 Å². The van der Waals surface area contributed by atoms with Crippen molar-refractivity contribution in [3.8, 4) is 0 Å². The predicted molar refractivity (Wildman–Crippen MR) is 65.6 cm³/mol. The van der Waals surface area contributed by atoms with E-state index in [2.05, 4.69) is 15.5 Å². The molecule has 18 heavy (non-hydrogen) atoms. The zero-order chi connectivity index (χ0) is 13.1. The number of nitrogens with one attached hydrogen (secondary N) is 1. The summed E-state index contributed by atoms with van der Waals surface area (Å²) in [4.78, 5) is 15.0. The number of aryl methyl sites for hydroxylation is 1. The summed E-state index contributed by atoms with van der Waals surface area (Å²) in [6.07, 6.45) is 0. The van der Waals surface area contributed by atoms with E-state index in [-0.39, 0.29) is 11.7 Å². The Labute approximate surface area is 108 Å². The molecule has 0 radical (unpaired) electrons. The maximum Gasteiger partial charge on any atom is 0.358 e. The Morgan fingerprint density at radius 2 is 2.44 bits per heavy atom. The van der Waals surface area contributed by atoms with Gasteiger partial charge in [0.05, 0.1) is 12.6 Å². The minimum Gasteiger partial charge on any atom is -0.476 e. The number of hydrogen-bond acceptors (Lipinski definition) is 6. The van der Waals surface area contributed by atoms with Gasteiger partial charge in [-0.3, -0.25) is 0 Å². The fourth-order valence-corrected chi connectivity index (χ4v) is 2.24. The third kappa shape index (κ3) is 2.93. The maximum atomic E-state index is 10.6. The molecule has 0 fully saturated rings. The van der Waals surface area contributed by atoms with Crippen LogP contribution in [0.4, 0.5) is 0 Å². The first-order chi connectivity index (χ1) is 8.56. The monoisotopic (exact) mass is 267 g/mol. The van der Waals surface area contributed by atoms with E-state index in [0.29, 0.717) is 12.3 Å². The molecule has 0 aliphatic heterocycles. The van der Waals surface area contributed by atoms with Crippen LogP contribution >= 0.6 is 11.3 Å². The third-order valence-corrected chi connectivity index (χ3v) is 3.51. The Hall–Kier alpha value is -1.73. The highest BCUT2D eigenvalue weighted by Crippen LogP contribution is 2.18. The van der Waals surface area contributed by atoms with Gasteiger partial charge in [0.1, 0.15) is 5.01 Å². The summed E-state index contributed by atoms with van der Waals surface area (Å²) in [5.74, 6) is -0.596. The van der Waals surface area contributed by atoms with Crippen molar-refractivity contribution in [3.05, 3.63) is 33.6 Å². The number of carboxylic acids is 1. The van der Waals surface area contributed by atoms with Crippen molar-refractivity contribution in [2.45, 2.75) is 26.4 Å². The van der Waals surface area contributed by atoms with Crippen molar-refractivity contribution < 1.29 is 14.4 Å². The lowest BCUT2D eigenvalue weighted by Gasteiger charge is -2.08. The number of aromatic carboxylic acids is 1. The van der Waals surface area contributed by atoms with E-state index in [1.165, 1.54) is 6.07 Å². The molecule has 6 nitrogen and oxygen atoms in total. The predicted octanol–water partition coefficient (Wildman–Crippen LogP) is 1.99. The van der Waals surface area contributed by atoms with Gasteiger partial charge < -0.3 is 14.9 Å². The molecule has 0 bridgehead atoms. The van der Waals surface area contributed by atoms with Gasteiger partial charge in [-0.1, -0.05) is 5.16 Å². The lowest BCUT2D eigenvalue weighted by molar-refractivity contribution is 0.0685. The van der Waals surface area contributed by atoms with Gasteiger partial charge in [0.2, 0.25) is 0 Å². The van der Waals surface area contributed by atoms with Crippen molar-refractivity contribution in [2.24, 2.45) is 0 Å². The maximum absolute atomic E-state index is 10.6. The van der Waals surface area contributed by atoms with Crippen LogP contribution in [0.3, 0.4) is 0 Å². The Morgan fingerprint density at radius 3 is 3.00 bits per heavy atom. The molecule has 0 saturated carbocycles. The van der Waals surface area contributed by atoms with Crippen molar-refractivity contribution in [1.82, 2.24) is 15.5 Å². The van der Waals surface area contributed by atoms with Gasteiger partial charge in [-0.05, 0) is 13.8 Å². The number of nitrogens with zero attached hydrogens (tertiary/aromatic N) is 2. The lowest BCUT2D eigenvalue weighted by atomic mass is 10.3. The SMILES string of the molecule is Cc1csc(C(C)NCc2cc(C(=O)O)no2)n1. The largest absolute Gasteiger partial charge is 0.476 e. The van der Waals surface area contributed by atoms with Gasteiger partial charge in [0.25, 0.3) is 0 Å². The van der Waals surface area contributed by atoms with Crippen LogP contribution in [0, 0.1) is 6.92 Å². The van der Waals surface area contributed by atoms with E-state index >= 15 is 0 Å². The Bertz CT molecular complexity index is 549. The van der Waals surface area contributed by atoms with Crippen LogP contribution in [-0.4, -0.2) is 21.2 Å². The van der Waals surface area contributed by atoms with E-state index in [4.69, 9.17) is 9.63 Å². The molecule has 0 aliphatic carbocycles. The highest BCUT2D eigenvalue weighted by atomic mass is 32.1. The van der Waals surface area contributed by atoms with Gasteiger partial charge in [0, 0.05) is 17.1 Å². The van der Waals surface area contributed by atoms with E-state index in [9.17, 15) is 4.79 Å². The van der Waals surface area contributed by atoms with Crippen LogP contribution < -0.4 is 5.32 Å². The first-order valence-electron chi connectivity index (χ1n) is 5.40. The summed E-state index contributed by atoms with van der Waals surface area (Å²) in [6.45, 7) is 4.36. The van der Waals surface area contributed by atoms with E-state index in [0.717, 1.165) is 10.7 Å². The lowest BCUT2D eigenvalue weighted by Crippen LogP contribution is -2.17. The molecule has 2 N–H and O–H groups in total. The van der Waals surface area contributed by atoms with E-state index in [1.54, 1.807) is 11.3 Å². The van der Waals surface area contributed by atoms with Gasteiger partial charge in [-0.25, -0.2) is 9.78 Å². The smallest absolute Gasteiger partial charge is 0.358 e. The van der Waals surface area contributed by atoms with Crippen LogP contribution in [0.2, 0.25) is 0 Å². The molecule has 1 atom stereocenters. The molecule has 0 aliphatic rings.